The van der Waals surface area contributed by atoms with Gasteiger partial charge in [0.1, 0.15) is 18.7 Å². The molecule has 0 fully saturated rings. The first kappa shape index (κ1) is 12.3. The number of rotatable bonds is 4. The summed E-state index contributed by atoms with van der Waals surface area (Å²) in [5, 5.41) is 4.12. The Morgan fingerprint density at radius 3 is 2.20 bits per heavy atom. The summed E-state index contributed by atoms with van der Waals surface area (Å²) in [6.45, 7) is 0. The second-order valence-electron chi connectivity index (χ2n) is 4.42. The minimum Gasteiger partial charge on any atom is -0.291 e. The van der Waals surface area contributed by atoms with Crippen molar-refractivity contribution in [2.75, 3.05) is 0 Å². The zero-order valence-corrected chi connectivity index (χ0v) is 10.8. The van der Waals surface area contributed by atoms with Crippen LogP contribution in [0.25, 0.3) is 0 Å². The summed E-state index contributed by atoms with van der Waals surface area (Å²) in [6, 6.07) is 18.4. The van der Waals surface area contributed by atoms with Crippen molar-refractivity contribution in [2.24, 2.45) is 0 Å². The van der Waals surface area contributed by atoms with Gasteiger partial charge in [0.25, 0.3) is 0 Å². The van der Waals surface area contributed by atoms with Crippen molar-refractivity contribution >= 4 is 5.78 Å². The highest BCUT2D eigenvalue weighted by Crippen LogP contribution is 2.21. The monoisotopic (exact) mass is 263 g/mol. The fourth-order valence-corrected chi connectivity index (χ4v) is 2.17. The summed E-state index contributed by atoms with van der Waals surface area (Å²) in [7, 11) is 0. The van der Waals surface area contributed by atoms with E-state index in [4.69, 9.17) is 0 Å². The number of carbonyl (C=O) groups is 1. The molecule has 1 aromatic heterocycles. The van der Waals surface area contributed by atoms with E-state index in [0.717, 1.165) is 5.56 Å². The van der Waals surface area contributed by atoms with E-state index in [1.807, 2.05) is 60.7 Å². The van der Waals surface area contributed by atoms with Gasteiger partial charge in [0, 0.05) is 5.56 Å². The van der Waals surface area contributed by atoms with Gasteiger partial charge < -0.3 is 0 Å². The molecule has 1 heterocycles. The van der Waals surface area contributed by atoms with Crippen LogP contribution in [0.5, 0.6) is 0 Å². The molecule has 4 heteroatoms. The summed E-state index contributed by atoms with van der Waals surface area (Å²) in [5.74, 6) is 0.00213. The van der Waals surface area contributed by atoms with Crippen LogP contribution in [0.15, 0.2) is 73.3 Å². The van der Waals surface area contributed by atoms with Crippen LogP contribution in [0.3, 0.4) is 0 Å². The number of benzene rings is 2. The van der Waals surface area contributed by atoms with Crippen LogP contribution in [-0.2, 0) is 0 Å². The van der Waals surface area contributed by atoms with E-state index in [1.54, 1.807) is 11.0 Å². The van der Waals surface area contributed by atoms with Crippen molar-refractivity contribution in [2.45, 2.75) is 6.04 Å². The Morgan fingerprint density at radius 1 is 0.950 bits per heavy atom. The van der Waals surface area contributed by atoms with E-state index >= 15 is 0 Å². The van der Waals surface area contributed by atoms with Crippen LogP contribution >= 0.6 is 0 Å². The average Bonchev–Trinajstić information content (AvgIpc) is 3.03. The Kier molecular flexibility index (Phi) is 3.37. The van der Waals surface area contributed by atoms with Gasteiger partial charge in [0.15, 0.2) is 5.78 Å². The van der Waals surface area contributed by atoms with E-state index in [0.29, 0.717) is 5.56 Å². The fourth-order valence-electron chi connectivity index (χ4n) is 2.17. The van der Waals surface area contributed by atoms with E-state index in [9.17, 15) is 4.79 Å². The van der Waals surface area contributed by atoms with Gasteiger partial charge in [-0.15, -0.1) is 0 Å². The molecule has 2 aromatic carbocycles. The lowest BCUT2D eigenvalue weighted by molar-refractivity contribution is 0.0939. The second kappa shape index (κ2) is 5.48. The Hall–Kier alpha value is -2.75. The van der Waals surface area contributed by atoms with Gasteiger partial charge in [0.05, 0.1) is 0 Å². The molecular formula is C16H13N3O. The maximum absolute atomic E-state index is 12.8. The first-order valence-electron chi connectivity index (χ1n) is 6.34. The number of hydrogen-bond donors (Lipinski definition) is 0. The van der Waals surface area contributed by atoms with Crippen molar-refractivity contribution < 1.29 is 4.79 Å². The highest BCUT2D eigenvalue weighted by molar-refractivity contribution is 6.00. The van der Waals surface area contributed by atoms with Crippen LogP contribution in [0.4, 0.5) is 0 Å². The molecule has 4 nitrogen and oxygen atoms in total. The van der Waals surface area contributed by atoms with Crippen LogP contribution in [-0.4, -0.2) is 20.5 Å². The molecule has 0 bridgehead atoms. The molecule has 98 valence electrons. The maximum Gasteiger partial charge on any atom is 0.191 e. The molecule has 0 aliphatic heterocycles. The Bertz CT molecular complexity index is 678. The molecule has 0 N–H and O–H groups in total. The van der Waals surface area contributed by atoms with Crippen molar-refractivity contribution in [1.29, 1.82) is 0 Å². The Labute approximate surface area is 116 Å². The Balaban J connectivity index is 2.05. The first-order chi connectivity index (χ1) is 9.86. The third-order valence-corrected chi connectivity index (χ3v) is 3.12. The number of aromatic nitrogens is 3. The molecule has 3 rings (SSSR count). The molecule has 1 unspecified atom stereocenters. The standard InChI is InChI=1S/C16H13N3O/c20-16(14-9-5-2-6-10-14)15(19-12-17-11-18-19)13-7-3-1-4-8-13/h1-12,15H. The number of Topliss-reactive ketones (excluding diaryl/α,β-unsaturated/α-hetero) is 1. The summed E-state index contributed by atoms with van der Waals surface area (Å²) in [4.78, 5) is 16.7. The van der Waals surface area contributed by atoms with Gasteiger partial charge >= 0.3 is 0 Å². The molecule has 0 amide bonds. The predicted molar refractivity (Wildman–Crippen MR) is 75.4 cm³/mol. The molecular weight excluding hydrogens is 250 g/mol. The van der Waals surface area contributed by atoms with E-state index in [-0.39, 0.29) is 5.78 Å². The van der Waals surface area contributed by atoms with Gasteiger partial charge in [-0.25, -0.2) is 9.67 Å². The third kappa shape index (κ3) is 2.36. The molecule has 0 saturated carbocycles. The fraction of sp³-hybridized carbons (Fsp3) is 0.0625. The smallest absolute Gasteiger partial charge is 0.191 e. The minimum atomic E-state index is -0.485. The van der Waals surface area contributed by atoms with Gasteiger partial charge in [-0.3, -0.25) is 4.79 Å². The summed E-state index contributed by atoms with van der Waals surface area (Å²) >= 11 is 0. The summed E-state index contributed by atoms with van der Waals surface area (Å²) < 4.78 is 1.59. The van der Waals surface area contributed by atoms with Gasteiger partial charge in [-0.1, -0.05) is 60.7 Å². The zero-order chi connectivity index (χ0) is 13.8. The van der Waals surface area contributed by atoms with E-state index < -0.39 is 6.04 Å². The van der Waals surface area contributed by atoms with Crippen molar-refractivity contribution in [3.8, 4) is 0 Å². The first-order valence-corrected chi connectivity index (χ1v) is 6.34. The summed E-state index contributed by atoms with van der Waals surface area (Å²) in [6.07, 6.45) is 3.01. The maximum atomic E-state index is 12.8. The largest absolute Gasteiger partial charge is 0.291 e. The van der Waals surface area contributed by atoms with Crippen LogP contribution in [0.1, 0.15) is 22.0 Å². The third-order valence-electron chi connectivity index (χ3n) is 3.12. The zero-order valence-electron chi connectivity index (χ0n) is 10.8. The molecule has 1 atom stereocenters. The molecule has 0 aliphatic carbocycles. The molecule has 0 radical (unpaired) electrons. The Morgan fingerprint density at radius 2 is 1.60 bits per heavy atom. The van der Waals surface area contributed by atoms with Gasteiger partial charge in [0.2, 0.25) is 0 Å². The van der Waals surface area contributed by atoms with Crippen molar-refractivity contribution in [3.05, 3.63) is 84.4 Å². The van der Waals surface area contributed by atoms with Crippen LogP contribution in [0, 0.1) is 0 Å². The topological polar surface area (TPSA) is 47.8 Å². The molecule has 0 saturated heterocycles. The van der Waals surface area contributed by atoms with E-state index in [1.165, 1.54) is 6.33 Å². The molecule has 0 aliphatic rings. The minimum absolute atomic E-state index is 0.00213. The highest BCUT2D eigenvalue weighted by Gasteiger charge is 2.24. The molecule has 0 spiro atoms. The number of nitrogens with zero attached hydrogens (tertiary/aromatic N) is 3. The van der Waals surface area contributed by atoms with E-state index in [2.05, 4.69) is 10.1 Å². The molecule has 3 aromatic rings. The normalized spacial score (nSPS) is 12.0. The average molecular weight is 263 g/mol. The summed E-state index contributed by atoms with van der Waals surface area (Å²) in [5.41, 5.74) is 1.56. The lowest BCUT2D eigenvalue weighted by Gasteiger charge is -2.16. The number of hydrogen-bond acceptors (Lipinski definition) is 3. The lowest BCUT2D eigenvalue weighted by atomic mass is 9.98. The number of carbonyl (C=O) groups excluding carboxylic acids is 1. The van der Waals surface area contributed by atoms with Crippen molar-refractivity contribution in [1.82, 2.24) is 14.8 Å². The molecule has 20 heavy (non-hydrogen) atoms. The quantitative estimate of drug-likeness (QED) is 0.680. The van der Waals surface area contributed by atoms with Crippen molar-refractivity contribution in [3.63, 3.8) is 0 Å². The van der Waals surface area contributed by atoms with Crippen LogP contribution < -0.4 is 0 Å². The second-order valence-corrected chi connectivity index (χ2v) is 4.42. The predicted octanol–water partition coefficient (Wildman–Crippen LogP) is 2.75. The lowest BCUT2D eigenvalue weighted by Crippen LogP contribution is -2.21. The SMILES string of the molecule is O=C(c1ccccc1)C(c1ccccc1)n1cncn1. The highest BCUT2D eigenvalue weighted by atomic mass is 16.1. The van der Waals surface area contributed by atoms with Gasteiger partial charge in [-0.05, 0) is 5.56 Å². The van der Waals surface area contributed by atoms with Gasteiger partial charge in [-0.2, -0.15) is 5.10 Å². The number of ketones is 1. The van der Waals surface area contributed by atoms with Crippen LogP contribution in [0.2, 0.25) is 0 Å².